The maximum atomic E-state index is 11.5. The summed E-state index contributed by atoms with van der Waals surface area (Å²) in [6.07, 6.45) is 1.67. The van der Waals surface area contributed by atoms with Gasteiger partial charge in [-0.3, -0.25) is 4.79 Å². The second kappa shape index (κ2) is 5.31. The molecule has 1 N–H and O–H groups in total. The number of nitrogens with one attached hydrogen (secondary N) is 1. The van der Waals surface area contributed by atoms with Crippen LogP contribution >= 0.6 is 0 Å². The SMILES string of the molecule is Cc1ccc(OCC(=O)Nc2cc(C)on2)nc1. The Morgan fingerprint density at radius 3 is 2.89 bits per heavy atom. The lowest BCUT2D eigenvalue weighted by Gasteiger charge is -2.04. The molecule has 0 radical (unpaired) electrons. The van der Waals surface area contributed by atoms with Crippen LogP contribution < -0.4 is 10.1 Å². The van der Waals surface area contributed by atoms with Crippen LogP contribution in [0.2, 0.25) is 0 Å². The number of rotatable bonds is 4. The Labute approximate surface area is 104 Å². The van der Waals surface area contributed by atoms with Crippen molar-refractivity contribution in [3.63, 3.8) is 0 Å². The zero-order valence-corrected chi connectivity index (χ0v) is 10.1. The summed E-state index contributed by atoms with van der Waals surface area (Å²) in [5.74, 6) is 1.10. The van der Waals surface area contributed by atoms with Crippen molar-refractivity contribution in [2.45, 2.75) is 13.8 Å². The molecule has 6 heteroatoms. The zero-order chi connectivity index (χ0) is 13.0. The van der Waals surface area contributed by atoms with Crippen LogP contribution in [0.15, 0.2) is 28.9 Å². The molecular formula is C12H13N3O3. The molecule has 0 aliphatic heterocycles. The van der Waals surface area contributed by atoms with E-state index < -0.39 is 0 Å². The van der Waals surface area contributed by atoms with Crippen molar-refractivity contribution in [1.29, 1.82) is 0 Å². The predicted molar refractivity (Wildman–Crippen MR) is 64.3 cm³/mol. The van der Waals surface area contributed by atoms with Crippen LogP contribution in [0.3, 0.4) is 0 Å². The third-order valence-electron chi connectivity index (χ3n) is 2.13. The maximum absolute atomic E-state index is 11.5. The van der Waals surface area contributed by atoms with Crippen molar-refractivity contribution in [1.82, 2.24) is 10.1 Å². The van der Waals surface area contributed by atoms with Crippen LogP contribution in [0.1, 0.15) is 11.3 Å². The Hall–Kier alpha value is -2.37. The lowest BCUT2D eigenvalue weighted by Crippen LogP contribution is -2.20. The number of pyridine rings is 1. The van der Waals surface area contributed by atoms with E-state index in [1.54, 1.807) is 25.3 Å². The van der Waals surface area contributed by atoms with Gasteiger partial charge in [-0.15, -0.1) is 0 Å². The molecule has 0 aliphatic carbocycles. The number of amides is 1. The van der Waals surface area contributed by atoms with E-state index in [1.165, 1.54) is 0 Å². The number of aryl methyl sites for hydroxylation is 2. The molecule has 0 atom stereocenters. The molecule has 0 saturated carbocycles. The quantitative estimate of drug-likeness (QED) is 0.889. The molecule has 0 unspecified atom stereocenters. The highest BCUT2D eigenvalue weighted by atomic mass is 16.5. The summed E-state index contributed by atoms with van der Waals surface area (Å²) in [5.41, 5.74) is 1.03. The summed E-state index contributed by atoms with van der Waals surface area (Å²) in [5, 5.41) is 6.19. The average Bonchev–Trinajstić information content (AvgIpc) is 2.74. The van der Waals surface area contributed by atoms with Gasteiger partial charge in [-0.2, -0.15) is 0 Å². The molecular weight excluding hydrogens is 234 g/mol. The number of hydrogen-bond acceptors (Lipinski definition) is 5. The van der Waals surface area contributed by atoms with Gasteiger partial charge in [-0.25, -0.2) is 4.98 Å². The predicted octanol–water partition coefficient (Wildman–Crippen LogP) is 1.70. The van der Waals surface area contributed by atoms with Crippen molar-refractivity contribution in [3.8, 4) is 5.88 Å². The van der Waals surface area contributed by atoms with Crippen LogP contribution in [0.25, 0.3) is 0 Å². The Bertz CT molecular complexity index is 534. The zero-order valence-electron chi connectivity index (χ0n) is 10.1. The standard InChI is InChI=1S/C12H13N3O3/c1-8-3-4-12(13-6-8)17-7-11(16)14-10-5-9(2)18-15-10/h3-6H,7H2,1-2H3,(H,14,15,16). The molecule has 2 aromatic rings. The summed E-state index contributed by atoms with van der Waals surface area (Å²) in [6.45, 7) is 3.55. The van der Waals surface area contributed by atoms with Gasteiger partial charge in [0.25, 0.3) is 5.91 Å². The summed E-state index contributed by atoms with van der Waals surface area (Å²) < 4.78 is 10.0. The number of carbonyl (C=O) groups is 1. The smallest absolute Gasteiger partial charge is 0.263 e. The molecule has 94 valence electrons. The van der Waals surface area contributed by atoms with Crippen LogP contribution in [0.5, 0.6) is 5.88 Å². The number of hydrogen-bond donors (Lipinski definition) is 1. The molecule has 0 spiro atoms. The van der Waals surface area contributed by atoms with E-state index in [9.17, 15) is 4.79 Å². The highest BCUT2D eigenvalue weighted by Crippen LogP contribution is 2.08. The van der Waals surface area contributed by atoms with E-state index in [0.29, 0.717) is 17.5 Å². The van der Waals surface area contributed by atoms with Gasteiger partial charge in [-0.1, -0.05) is 11.2 Å². The minimum atomic E-state index is -0.314. The number of aromatic nitrogens is 2. The van der Waals surface area contributed by atoms with Crippen LogP contribution in [0, 0.1) is 13.8 Å². The van der Waals surface area contributed by atoms with Gasteiger partial charge >= 0.3 is 0 Å². The Kier molecular flexibility index (Phi) is 3.57. The summed E-state index contributed by atoms with van der Waals surface area (Å²) in [4.78, 5) is 15.5. The minimum Gasteiger partial charge on any atom is -0.468 e. The van der Waals surface area contributed by atoms with E-state index in [2.05, 4.69) is 15.5 Å². The number of ether oxygens (including phenoxy) is 1. The van der Waals surface area contributed by atoms with Crippen LogP contribution in [-0.2, 0) is 4.79 Å². The van der Waals surface area contributed by atoms with E-state index >= 15 is 0 Å². The summed E-state index contributed by atoms with van der Waals surface area (Å²) in [7, 11) is 0. The molecule has 0 bridgehead atoms. The second-order valence-corrected chi connectivity index (χ2v) is 3.83. The topological polar surface area (TPSA) is 77.2 Å². The van der Waals surface area contributed by atoms with Crippen LogP contribution in [0.4, 0.5) is 5.82 Å². The first-order chi connectivity index (χ1) is 8.63. The highest BCUT2D eigenvalue weighted by Gasteiger charge is 2.07. The molecule has 0 aliphatic rings. The average molecular weight is 247 g/mol. The number of nitrogens with zero attached hydrogens (tertiary/aromatic N) is 2. The lowest BCUT2D eigenvalue weighted by atomic mass is 10.3. The van der Waals surface area contributed by atoms with Crippen molar-refractivity contribution in [2.75, 3.05) is 11.9 Å². The first-order valence-electron chi connectivity index (χ1n) is 5.42. The molecule has 6 nitrogen and oxygen atoms in total. The largest absolute Gasteiger partial charge is 0.468 e. The molecule has 2 rings (SSSR count). The van der Waals surface area contributed by atoms with E-state index in [-0.39, 0.29) is 12.5 Å². The summed E-state index contributed by atoms with van der Waals surface area (Å²) >= 11 is 0. The fourth-order valence-corrected chi connectivity index (χ4v) is 1.28. The lowest BCUT2D eigenvalue weighted by molar-refractivity contribution is -0.118. The van der Waals surface area contributed by atoms with Crippen molar-refractivity contribution in [3.05, 3.63) is 35.7 Å². The van der Waals surface area contributed by atoms with Gasteiger partial charge in [0.15, 0.2) is 12.4 Å². The van der Waals surface area contributed by atoms with Crippen molar-refractivity contribution in [2.24, 2.45) is 0 Å². The number of anilines is 1. The molecule has 0 aromatic carbocycles. The molecule has 2 aromatic heterocycles. The molecule has 0 fully saturated rings. The van der Waals surface area contributed by atoms with E-state index in [1.807, 2.05) is 13.0 Å². The number of carbonyl (C=O) groups excluding carboxylic acids is 1. The van der Waals surface area contributed by atoms with Crippen LogP contribution in [-0.4, -0.2) is 22.7 Å². The molecule has 2 heterocycles. The fraction of sp³-hybridized carbons (Fsp3) is 0.250. The van der Waals surface area contributed by atoms with Gasteiger partial charge in [0.2, 0.25) is 5.88 Å². The third kappa shape index (κ3) is 3.31. The third-order valence-corrected chi connectivity index (χ3v) is 2.13. The Morgan fingerprint density at radius 2 is 2.28 bits per heavy atom. The molecule has 0 saturated heterocycles. The normalized spacial score (nSPS) is 10.1. The Balaban J connectivity index is 1.83. The minimum absolute atomic E-state index is 0.123. The summed E-state index contributed by atoms with van der Waals surface area (Å²) in [6, 6.07) is 5.20. The van der Waals surface area contributed by atoms with Gasteiger partial charge in [-0.05, 0) is 19.4 Å². The van der Waals surface area contributed by atoms with Crippen molar-refractivity contribution < 1.29 is 14.1 Å². The first kappa shape index (κ1) is 12.1. The van der Waals surface area contributed by atoms with Crippen molar-refractivity contribution >= 4 is 11.7 Å². The highest BCUT2D eigenvalue weighted by molar-refractivity contribution is 5.90. The first-order valence-corrected chi connectivity index (χ1v) is 5.42. The fourth-order valence-electron chi connectivity index (χ4n) is 1.28. The second-order valence-electron chi connectivity index (χ2n) is 3.83. The van der Waals surface area contributed by atoms with Gasteiger partial charge < -0.3 is 14.6 Å². The molecule has 1 amide bonds. The van der Waals surface area contributed by atoms with E-state index in [0.717, 1.165) is 5.56 Å². The van der Waals surface area contributed by atoms with Gasteiger partial charge in [0.1, 0.15) is 5.76 Å². The Morgan fingerprint density at radius 1 is 1.44 bits per heavy atom. The van der Waals surface area contributed by atoms with E-state index in [4.69, 9.17) is 9.26 Å². The molecule has 18 heavy (non-hydrogen) atoms. The van der Waals surface area contributed by atoms with Gasteiger partial charge in [0.05, 0.1) is 0 Å². The van der Waals surface area contributed by atoms with Gasteiger partial charge in [0, 0.05) is 18.3 Å². The maximum Gasteiger partial charge on any atom is 0.263 e. The monoisotopic (exact) mass is 247 g/mol.